The third-order valence-corrected chi connectivity index (χ3v) is 3.37. The van der Waals surface area contributed by atoms with Gasteiger partial charge in [0.1, 0.15) is 11.3 Å². The summed E-state index contributed by atoms with van der Waals surface area (Å²) < 4.78 is 0. The van der Waals surface area contributed by atoms with E-state index in [-0.39, 0.29) is 23.0 Å². The summed E-state index contributed by atoms with van der Waals surface area (Å²) >= 11 is 0. The van der Waals surface area contributed by atoms with Gasteiger partial charge < -0.3 is 10.0 Å². The zero-order valence-electron chi connectivity index (χ0n) is 11.1. The molecule has 1 amide bonds. The third-order valence-electron chi connectivity index (χ3n) is 3.37. The number of benzene rings is 1. The summed E-state index contributed by atoms with van der Waals surface area (Å²) in [4.78, 5) is 25.8. The van der Waals surface area contributed by atoms with Gasteiger partial charge in [-0.05, 0) is 19.4 Å². The second-order valence-corrected chi connectivity index (χ2v) is 4.62. The van der Waals surface area contributed by atoms with Gasteiger partial charge in [0.2, 0.25) is 0 Å². The van der Waals surface area contributed by atoms with Crippen LogP contribution in [0.25, 0.3) is 0 Å². The number of carbonyl (C=O) groups is 2. The molecule has 19 heavy (non-hydrogen) atoms. The van der Waals surface area contributed by atoms with Crippen LogP contribution in [0.1, 0.15) is 19.4 Å². The highest BCUT2D eigenvalue weighted by atomic mass is 16.3. The van der Waals surface area contributed by atoms with Crippen molar-refractivity contribution in [3.8, 4) is 0 Å². The molecule has 4 heteroatoms. The second kappa shape index (κ2) is 5.26. The summed E-state index contributed by atoms with van der Waals surface area (Å²) in [5, 5.41) is 9.50. The van der Waals surface area contributed by atoms with Crippen molar-refractivity contribution in [1.82, 2.24) is 4.90 Å². The first-order valence-corrected chi connectivity index (χ1v) is 6.35. The SMILES string of the molecule is CCN1C(=O)/C(=C(\C)O)C(=O)[C@@H]1Cc1ccccc1. The standard InChI is InChI=1S/C15H17NO3/c1-3-16-12(9-11-7-5-4-6-8-11)14(18)13(10(2)17)15(16)19/h4-8,12,17H,3,9H2,1-2H3/b13-10+/t12-/m0/s1. The van der Waals surface area contributed by atoms with Crippen LogP contribution in [0, 0.1) is 0 Å². The van der Waals surface area contributed by atoms with Crippen LogP contribution in [0.3, 0.4) is 0 Å². The van der Waals surface area contributed by atoms with E-state index >= 15 is 0 Å². The lowest BCUT2D eigenvalue weighted by Gasteiger charge is -2.21. The molecule has 1 aromatic rings. The number of hydrogen-bond donors (Lipinski definition) is 1. The maximum absolute atomic E-state index is 12.3. The molecule has 0 unspecified atom stereocenters. The minimum absolute atomic E-state index is 0.0669. The zero-order valence-corrected chi connectivity index (χ0v) is 11.1. The van der Waals surface area contributed by atoms with Gasteiger partial charge in [-0.3, -0.25) is 9.59 Å². The summed E-state index contributed by atoms with van der Waals surface area (Å²) in [6.07, 6.45) is 0.482. The Hall–Kier alpha value is -2.10. The quantitative estimate of drug-likeness (QED) is 0.512. The molecule has 1 atom stereocenters. The van der Waals surface area contributed by atoms with Crippen LogP contribution in [0.15, 0.2) is 41.7 Å². The van der Waals surface area contributed by atoms with Crippen LogP contribution < -0.4 is 0 Å². The highest BCUT2D eigenvalue weighted by Crippen LogP contribution is 2.25. The molecular weight excluding hydrogens is 242 g/mol. The highest BCUT2D eigenvalue weighted by Gasteiger charge is 2.43. The molecule has 1 N–H and O–H groups in total. The Bertz CT molecular complexity index is 530. The van der Waals surface area contributed by atoms with Crippen molar-refractivity contribution in [1.29, 1.82) is 0 Å². The number of likely N-dealkylation sites (N-methyl/N-ethyl adjacent to an activating group) is 1. The van der Waals surface area contributed by atoms with Crippen molar-refractivity contribution >= 4 is 11.7 Å². The average molecular weight is 259 g/mol. The number of aliphatic hydroxyl groups excluding tert-OH is 1. The largest absolute Gasteiger partial charge is 0.512 e. The van der Waals surface area contributed by atoms with E-state index in [1.54, 1.807) is 0 Å². The van der Waals surface area contributed by atoms with Gasteiger partial charge in [0.05, 0.1) is 6.04 Å². The van der Waals surface area contributed by atoms with Gasteiger partial charge in [0.15, 0.2) is 5.78 Å². The van der Waals surface area contributed by atoms with Gasteiger partial charge in [0, 0.05) is 13.0 Å². The fourth-order valence-corrected chi connectivity index (χ4v) is 2.44. The first-order chi connectivity index (χ1) is 9.06. The Kier molecular flexibility index (Phi) is 3.69. The number of hydrogen-bond acceptors (Lipinski definition) is 3. The zero-order chi connectivity index (χ0) is 14.0. The predicted molar refractivity (Wildman–Crippen MR) is 71.7 cm³/mol. The van der Waals surface area contributed by atoms with Crippen molar-refractivity contribution in [3.63, 3.8) is 0 Å². The summed E-state index contributed by atoms with van der Waals surface area (Å²) in [5.41, 5.74) is 0.937. The molecule has 1 aromatic carbocycles. The molecule has 4 nitrogen and oxygen atoms in total. The lowest BCUT2D eigenvalue weighted by Crippen LogP contribution is -2.36. The van der Waals surface area contributed by atoms with Gasteiger partial charge >= 0.3 is 0 Å². The first kappa shape index (κ1) is 13.3. The molecule has 1 aliphatic rings. The summed E-state index contributed by atoms with van der Waals surface area (Å²) in [5.74, 6) is -0.840. The molecule has 0 aliphatic carbocycles. The molecule has 0 aromatic heterocycles. The number of likely N-dealkylation sites (tertiary alicyclic amines) is 1. The minimum Gasteiger partial charge on any atom is -0.512 e. The fourth-order valence-electron chi connectivity index (χ4n) is 2.44. The Labute approximate surface area is 112 Å². The molecule has 1 fully saturated rings. The maximum atomic E-state index is 12.3. The Morgan fingerprint density at radius 1 is 1.26 bits per heavy atom. The van der Waals surface area contributed by atoms with Crippen LogP contribution in [-0.2, 0) is 16.0 Å². The molecule has 0 radical (unpaired) electrons. The number of amides is 1. The number of nitrogens with zero attached hydrogens (tertiary/aromatic N) is 1. The minimum atomic E-state index is -0.503. The molecule has 2 rings (SSSR count). The van der Waals surface area contributed by atoms with Crippen molar-refractivity contribution in [2.45, 2.75) is 26.3 Å². The first-order valence-electron chi connectivity index (χ1n) is 6.35. The molecular formula is C15H17NO3. The van der Waals surface area contributed by atoms with E-state index in [9.17, 15) is 14.7 Å². The van der Waals surface area contributed by atoms with E-state index < -0.39 is 6.04 Å². The number of aliphatic hydroxyl groups is 1. The lowest BCUT2D eigenvalue weighted by atomic mass is 10.0. The Morgan fingerprint density at radius 2 is 1.89 bits per heavy atom. The number of ketones is 1. The fraction of sp³-hybridized carbons (Fsp3) is 0.333. The van der Waals surface area contributed by atoms with Crippen molar-refractivity contribution in [3.05, 3.63) is 47.2 Å². The summed E-state index contributed by atoms with van der Waals surface area (Å²) in [6, 6.07) is 9.07. The third kappa shape index (κ3) is 2.38. The highest BCUT2D eigenvalue weighted by molar-refractivity contribution is 6.26. The van der Waals surface area contributed by atoms with E-state index in [4.69, 9.17) is 0 Å². The van der Waals surface area contributed by atoms with E-state index in [0.717, 1.165) is 5.56 Å². The van der Waals surface area contributed by atoms with Crippen molar-refractivity contribution in [2.24, 2.45) is 0 Å². The summed E-state index contributed by atoms with van der Waals surface area (Å²) in [7, 11) is 0. The Balaban J connectivity index is 2.32. The van der Waals surface area contributed by atoms with E-state index in [0.29, 0.717) is 13.0 Å². The maximum Gasteiger partial charge on any atom is 0.261 e. The number of carbonyl (C=O) groups excluding carboxylic acids is 2. The predicted octanol–water partition coefficient (Wildman–Crippen LogP) is 1.86. The van der Waals surface area contributed by atoms with E-state index in [1.165, 1.54) is 11.8 Å². The number of allylic oxidation sites excluding steroid dienone is 1. The molecule has 100 valence electrons. The topological polar surface area (TPSA) is 57.6 Å². The monoisotopic (exact) mass is 259 g/mol. The Morgan fingerprint density at radius 3 is 2.42 bits per heavy atom. The van der Waals surface area contributed by atoms with E-state index in [2.05, 4.69) is 0 Å². The molecule has 0 saturated carbocycles. The van der Waals surface area contributed by atoms with Gasteiger partial charge in [-0.2, -0.15) is 0 Å². The van der Waals surface area contributed by atoms with Crippen LogP contribution in [0.2, 0.25) is 0 Å². The van der Waals surface area contributed by atoms with Crippen molar-refractivity contribution < 1.29 is 14.7 Å². The molecule has 1 aliphatic heterocycles. The van der Waals surface area contributed by atoms with E-state index in [1.807, 2.05) is 37.3 Å². The van der Waals surface area contributed by atoms with Gasteiger partial charge in [-0.15, -0.1) is 0 Å². The second-order valence-electron chi connectivity index (χ2n) is 4.62. The van der Waals surface area contributed by atoms with Crippen LogP contribution in [-0.4, -0.2) is 34.3 Å². The molecule has 0 bridgehead atoms. The lowest BCUT2D eigenvalue weighted by molar-refractivity contribution is -0.126. The van der Waals surface area contributed by atoms with Gasteiger partial charge in [-0.1, -0.05) is 30.3 Å². The van der Waals surface area contributed by atoms with Crippen LogP contribution >= 0.6 is 0 Å². The normalized spacial score (nSPS) is 22.0. The van der Waals surface area contributed by atoms with Gasteiger partial charge in [-0.25, -0.2) is 0 Å². The van der Waals surface area contributed by atoms with Crippen LogP contribution in [0.4, 0.5) is 0 Å². The molecule has 1 saturated heterocycles. The average Bonchev–Trinajstić information content (AvgIpc) is 2.62. The van der Waals surface area contributed by atoms with Gasteiger partial charge in [0.25, 0.3) is 5.91 Å². The molecule has 1 heterocycles. The number of Topliss-reactive ketones (excluding diaryl/α,β-unsaturated/α-hetero) is 1. The van der Waals surface area contributed by atoms with Crippen molar-refractivity contribution in [2.75, 3.05) is 6.54 Å². The smallest absolute Gasteiger partial charge is 0.261 e. The summed E-state index contributed by atoms with van der Waals surface area (Å²) in [6.45, 7) is 3.67. The number of rotatable bonds is 3. The molecule has 0 spiro atoms. The van der Waals surface area contributed by atoms with Crippen LogP contribution in [0.5, 0.6) is 0 Å².